The Balaban J connectivity index is 1.42. The zero-order valence-electron chi connectivity index (χ0n) is 15.7. The molecule has 2 amide bonds. The molecular weight excluding hydrogens is 384 g/mol. The lowest BCUT2D eigenvalue weighted by atomic mass is 10.1. The fraction of sp³-hybridized carbons (Fsp3) is 0.0870. The van der Waals surface area contributed by atoms with Crippen molar-refractivity contribution in [1.82, 2.24) is 5.32 Å². The topological polar surface area (TPSA) is 67.8 Å². The number of ether oxygens (including phenoxy) is 1. The Kier molecular flexibility index (Phi) is 5.44. The molecule has 144 valence electrons. The van der Waals surface area contributed by atoms with Crippen molar-refractivity contribution in [2.24, 2.45) is 4.99 Å². The molecule has 6 heteroatoms. The molecule has 0 spiro atoms. The fourth-order valence-electron chi connectivity index (χ4n) is 3.00. The minimum atomic E-state index is -0.352. The number of fused-ring (bicyclic) bond motifs is 1. The van der Waals surface area contributed by atoms with E-state index in [9.17, 15) is 9.59 Å². The van der Waals surface area contributed by atoms with Crippen LogP contribution in [0.1, 0.15) is 18.1 Å². The molecule has 1 aliphatic rings. The van der Waals surface area contributed by atoms with Gasteiger partial charge in [0, 0.05) is 6.92 Å². The van der Waals surface area contributed by atoms with E-state index >= 15 is 0 Å². The maximum atomic E-state index is 12.0. The van der Waals surface area contributed by atoms with E-state index in [1.54, 1.807) is 6.08 Å². The second kappa shape index (κ2) is 8.32. The molecule has 3 aromatic carbocycles. The minimum absolute atomic E-state index is 0.252. The summed E-state index contributed by atoms with van der Waals surface area (Å²) in [5, 5.41) is 5.22. The summed E-state index contributed by atoms with van der Waals surface area (Å²) in [4.78, 5) is 27.3. The first-order valence-electron chi connectivity index (χ1n) is 9.08. The number of benzene rings is 3. The molecule has 0 aromatic heterocycles. The zero-order valence-corrected chi connectivity index (χ0v) is 16.5. The summed E-state index contributed by atoms with van der Waals surface area (Å²) in [5.74, 6) is 0.147. The summed E-state index contributed by atoms with van der Waals surface area (Å²) in [6.07, 6.45) is 1.75. The number of carbonyl (C=O) groups is 2. The second-order valence-corrected chi connectivity index (χ2v) is 7.54. The lowest BCUT2D eigenvalue weighted by Gasteiger charge is -2.09. The van der Waals surface area contributed by atoms with Gasteiger partial charge in [-0.05, 0) is 51.9 Å². The van der Waals surface area contributed by atoms with Gasteiger partial charge >= 0.3 is 0 Å². The van der Waals surface area contributed by atoms with Gasteiger partial charge in [-0.1, -0.05) is 54.6 Å². The molecule has 29 heavy (non-hydrogen) atoms. The van der Waals surface area contributed by atoms with Crippen LogP contribution in [0.3, 0.4) is 0 Å². The molecule has 1 N–H and O–H groups in total. The van der Waals surface area contributed by atoms with Crippen LogP contribution in [-0.4, -0.2) is 17.0 Å². The molecule has 0 fully saturated rings. The quantitative estimate of drug-likeness (QED) is 0.652. The fourth-order valence-corrected chi connectivity index (χ4v) is 3.86. The molecule has 0 atom stereocenters. The minimum Gasteiger partial charge on any atom is -0.489 e. The lowest BCUT2D eigenvalue weighted by molar-refractivity contribution is -0.117. The normalized spacial score (nSPS) is 14.9. The Morgan fingerprint density at radius 1 is 1.07 bits per heavy atom. The van der Waals surface area contributed by atoms with Gasteiger partial charge < -0.3 is 10.1 Å². The predicted molar refractivity (Wildman–Crippen MR) is 117 cm³/mol. The van der Waals surface area contributed by atoms with E-state index in [-0.39, 0.29) is 11.8 Å². The standard InChI is InChI=1S/C23H18N2O3S/c1-15(26)24-23-25-22(27)21(29-23)13-16-9-11-19(12-10-16)28-14-18-7-4-6-17-5-2-3-8-20(17)18/h2-13H,14H2,1H3,(H,24,25,26,27)/b21-13-. The molecule has 1 heterocycles. The van der Waals surface area contributed by atoms with E-state index in [1.807, 2.05) is 42.5 Å². The van der Waals surface area contributed by atoms with Crippen molar-refractivity contribution >= 4 is 45.6 Å². The summed E-state index contributed by atoms with van der Waals surface area (Å²) in [7, 11) is 0. The van der Waals surface area contributed by atoms with Crippen molar-refractivity contribution in [3.05, 3.63) is 82.8 Å². The third-order valence-electron chi connectivity index (χ3n) is 4.36. The van der Waals surface area contributed by atoms with E-state index in [2.05, 4.69) is 34.6 Å². The maximum absolute atomic E-state index is 12.0. The van der Waals surface area contributed by atoms with Gasteiger partial charge in [-0.15, -0.1) is 0 Å². The molecule has 0 radical (unpaired) electrons. The third kappa shape index (κ3) is 4.55. The summed E-state index contributed by atoms with van der Waals surface area (Å²) in [5.41, 5.74) is 1.99. The van der Waals surface area contributed by atoms with Gasteiger partial charge in [-0.2, -0.15) is 4.99 Å². The van der Waals surface area contributed by atoms with Gasteiger partial charge in [0.25, 0.3) is 5.91 Å². The maximum Gasteiger partial charge on any atom is 0.286 e. The largest absolute Gasteiger partial charge is 0.489 e. The van der Waals surface area contributed by atoms with Crippen molar-refractivity contribution < 1.29 is 14.3 Å². The zero-order chi connectivity index (χ0) is 20.2. The van der Waals surface area contributed by atoms with Crippen LogP contribution < -0.4 is 10.1 Å². The molecule has 5 nitrogen and oxygen atoms in total. The average molecular weight is 402 g/mol. The number of carbonyl (C=O) groups excluding carboxylic acids is 2. The lowest BCUT2D eigenvalue weighted by Crippen LogP contribution is -2.23. The van der Waals surface area contributed by atoms with E-state index in [4.69, 9.17) is 4.74 Å². The van der Waals surface area contributed by atoms with E-state index in [1.165, 1.54) is 17.7 Å². The molecule has 1 aliphatic heterocycles. The third-order valence-corrected chi connectivity index (χ3v) is 5.25. The Labute approximate surface area is 172 Å². The highest BCUT2D eigenvalue weighted by molar-refractivity contribution is 8.18. The second-order valence-electron chi connectivity index (χ2n) is 6.51. The number of aliphatic imine (C=N–C) groups is 1. The summed E-state index contributed by atoms with van der Waals surface area (Å²) >= 11 is 1.15. The summed E-state index contributed by atoms with van der Waals surface area (Å²) in [6.45, 7) is 1.86. The first kappa shape index (κ1) is 19.0. The molecule has 0 saturated heterocycles. The van der Waals surface area contributed by atoms with Gasteiger partial charge in [0.05, 0.1) is 4.91 Å². The number of nitrogens with one attached hydrogen (secondary N) is 1. The highest BCUT2D eigenvalue weighted by atomic mass is 32.2. The molecule has 0 unspecified atom stereocenters. The number of rotatable bonds is 4. The van der Waals surface area contributed by atoms with Crippen molar-refractivity contribution in [2.75, 3.05) is 0 Å². The van der Waals surface area contributed by atoms with E-state index < -0.39 is 0 Å². The van der Waals surface area contributed by atoms with Crippen LogP contribution in [0.15, 0.2) is 76.6 Å². The van der Waals surface area contributed by atoms with Gasteiger partial charge in [0.1, 0.15) is 12.4 Å². The first-order valence-corrected chi connectivity index (χ1v) is 9.90. The number of nitrogens with zero attached hydrogens (tertiary/aromatic N) is 1. The van der Waals surface area contributed by atoms with E-state index in [0.29, 0.717) is 16.7 Å². The predicted octanol–water partition coefficient (Wildman–Crippen LogP) is 4.53. The molecule has 0 bridgehead atoms. The SMILES string of the molecule is CC(=O)NC1=NC(=O)/C(=C/c2ccc(OCc3cccc4ccccc34)cc2)S1. The van der Waals surface area contributed by atoms with Crippen LogP contribution in [0.5, 0.6) is 5.75 Å². The van der Waals surface area contributed by atoms with Crippen LogP contribution >= 0.6 is 11.8 Å². The van der Waals surface area contributed by atoms with Crippen molar-refractivity contribution in [3.8, 4) is 5.75 Å². The highest BCUT2D eigenvalue weighted by Gasteiger charge is 2.22. The summed E-state index contributed by atoms with van der Waals surface area (Å²) in [6, 6.07) is 21.9. The van der Waals surface area contributed by atoms with Gasteiger partial charge in [0.15, 0.2) is 5.17 Å². The Morgan fingerprint density at radius 2 is 1.83 bits per heavy atom. The Hall–Kier alpha value is -3.38. The van der Waals surface area contributed by atoms with Crippen LogP contribution in [-0.2, 0) is 16.2 Å². The monoisotopic (exact) mass is 402 g/mol. The molecule has 0 saturated carbocycles. The smallest absolute Gasteiger partial charge is 0.286 e. The van der Waals surface area contributed by atoms with Crippen LogP contribution in [0.2, 0.25) is 0 Å². The first-order chi connectivity index (χ1) is 14.1. The highest BCUT2D eigenvalue weighted by Crippen LogP contribution is 2.28. The van der Waals surface area contributed by atoms with Crippen molar-refractivity contribution in [3.63, 3.8) is 0 Å². The van der Waals surface area contributed by atoms with E-state index in [0.717, 1.165) is 28.6 Å². The van der Waals surface area contributed by atoms with Crippen molar-refractivity contribution in [1.29, 1.82) is 0 Å². The number of thioether (sulfide) groups is 1. The van der Waals surface area contributed by atoms with Gasteiger partial charge in [-0.25, -0.2) is 0 Å². The number of hydrogen-bond donors (Lipinski definition) is 1. The van der Waals surface area contributed by atoms with Crippen LogP contribution in [0, 0.1) is 0 Å². The van der Waals surface area contributed by atoms with Gasteiger partial charge in [-0.3, -0.25) is 9.59 Å². The van der Waals surface area contributed by atoms with Crippen LogP contribution in [0.25, 0.3) is 16.8 Å². The molecular formula is C23H18N2O3S. The Bertz CT molecular complexity index is 1150. The van der Waals surface area contributed by atoms with Crippen molar-refractivity contribution in [2.45, 2.75) is 13.5 Å². The number of amides is 2. The van der Waals surface area contributed by atoms with Crippen LogP contribution in [0.4, 0.5) is 0 Å². The molecule has 4 rings (SSSR count). The average Bonchev–Trinajstić information content (AvgIpc) is 3.05. The van der Waals surface area contributed by atoms with Gasteiger partial charge in [0.2, 0.25) is 5.91 Å². The molecule has 0 aliphatic carbocycles. The Morgan fingerprint density at radius 3 is 2.62 bits per heavy atom. The molecule has 3 aromatic rings. The number of amidine groups is 1. The summed E-state index contributed by atoms with van der Waals surface area (Å²) < 4.78 is 5.94. The number of hydrogen-bond acceptors (Lipinski definition) is 4.